The molecule has 3 aromatic rings. The lowest BCUT2D eigenvalue weighted by Crippen LogP contribution is -2.38. The predicted octanol–water partition coefficient (Wildman–Crippen LogP) is 17.8. The average molecular weight is 1010 g/mol. The fourth-order valence-corrected chi connectivity index (χ4v) is 7.18. The molecule has 3 aromatic carbocycles. The van der Waals surface area contributed by atoms with Crippen molar-refractivity contribution in [2.45, 2.75) is 160 Å². The third kappa shape index (κ3) is 19.2. The van der Waals surface area contributed by atoms with Gasteiger partial charge in [-0.1, -0.05) is 110 Å². The Balaban J connectivity index is 2.28. The lowest BCUT2D eigenvalue weighted by molar-refractivity contribution is -0.144. The number of nitrogens with zero attached hydrogens (tertiary/aromatic N) is 1. The topological polar surface area (TPSA) is 30.9 Å². The minimum atomic E-state index is -5.65. The van der Waals surface area contributed by atoms with E-state index in [9.17, 15) is 65.9 Å². The summed E-state index contributed by atoms with van der Waals surface area (Å²) in [4.78, 5) is 1.01. The van der Waals surface area contributed by atoms with Crippen molar-refractivity contribution < 1.29 is 93.0 Å². The fraction of sp³-hybridized carbons (Fsp3) is 0.600. The maximum atomic E-state index is 15.1. The molecule has 0 bridgehead atoms. The van der Waals surface area contributed by atoms with E-state index in [2.05, 4.69) is 6.92 Å². The molecule has 0 saturated carbocycles. The molecule has 0 radical (unpaired) electrons. The van der Waals surface area contributed by atoms with Crippen molar-refractivity contribution in [1.29, 1.82) is 0 Å². The second-order valence-electron chi connectivity index (χ2n) is 16.3. The van der Waals surface area contributed by atoms with Crippen LogP contribution in [0.5, 0.6) is 17.2 Å². The summed E-state index contributed by atoms with van der Waals surface area (Å²) in [7, 11) is -3.27. The van der Waals surface area contributed by atoms with E-state index in [1.807, 2.05) is 6.92 Å². The van der Waals surface area contributed by atoms with Crippen molar-refractivity contribution in [3.8, 4) is 17.2 Å². The number of halogens is 18. The largest absolute Gasteiger partial charge is 0.864 e. The van der Waals surface area contributed by atoms with Crippen LogP contribution in [0.1, 0.15) is 156 Å². The molecule has 0 aliphatic rings. The first-order valence-electron chi connectivity index (χ1n) is 22.1. The second-order valence-corrected chi connectivity index (χ2v) is 16.3. The molecule has 0 aliphatic heterocycles. The van der Waals surface area contributed by atoms with Gasteiger partial charge in [-0.25, -0.2) is 0 Å². The van der Waals surface area contributed by atoms with E-state index in [4.69, 9.17) is 14.0 Å². The first-order chi connectivity index (χ1) is 31.4. The Labute approximate surface area is 382 Å². The van der Waals surface area contributed by atoms with Crippen LogP contribution in [0.4, 0.5) is 84.7 Å². The molecule has 0 spiro atoms. The van der Waals surface area contributed by atoms with Gasteiger partial charge in [0, 0.05) is 13.1 Å². The van der Waals surface area contributed by atoms with Gasteiger partial charge in [0.2, 0.25) is 0 Å². The van der Waals surface area contributed by atoms with Crippen molar-refractivity contribution in [3.05, 3.63) is 81.9 Å². The minimum absolute atomic E-state index is 0.0282. The van der Waals surface area contributed by atoms with Gasteiger partial charge < -0.3 is 18.9 Å². The van der Waals surface area contributed by atoms with Gasteiger partial charge in [-0.3, -0.25) is 0 Å². The molecule has 4 nitrogen and oxygen atoms in total. The Morgan fingerprint density at radius 3 is 0.941 bits per heavy atom. The summed E-state index contributed by atoms with van der Waals surface area (Å²) in [5.74, 6) is -4.64. The van der Waals surface area contributed by atoms with Gasteiger partial charge in [0.15, 0.2) is 0 Å². The zero-order chi connectivity index (χ0) is 51.1. The van der Waals surface area contributed by atoms with Crippen molar-refractivity contribution in [3.63, 3.8) is 0 Å². The first kappa shape index (κ1) is 58.0. The van der Waals surface area contributed by atoms with Crippen LogP contribution in [-0.4, -0.2) is 20.4 Å². The normalized spacial score (nSPS) is 12.9. The SMILES string of the molecule is CCCCCCCCCCCCCN(CCCCCCCC)c1c(OB(Oc2cc(C(F)(F)F)cc(C(F)(F)F)c2)Oc2cc(C(F)(F)F)cc(C(F)(F)F)c2)cc(C(F)(F)F)cc1C(F)(F)F. The lowest BCUT2D eigenvalue weighted by Gasteiger charge is -2.31. The highest BCUT2D eigenvalue weighted by Gasteiger charge is 2.45. The Kier molecular flexibility index (Phi) is 21.3. The maximum Gasteiger partial charge on any atom is 0.864 e. The van der Waals surface area contributed by atoms with E-state index in [0.29, 0.717) is 25.7 Å². The molecular weight excluding hydrogens is 955 g/mol. The molecule has 23 heteroatoms. The first-order valence-corrected chi connectivity index (χ1v) is 22.1. The Morgan fingerprint density at radius 2 is 0.647 bits per heavy atom. The number of alkyl halides is 18. The number of anilines is 1. The Bertz CT molecular complexity index is 1850. The summed E-state index contributed by atoms with van der Waals surface area (Å²) in [6.07, 6.45) is -21.0. The van der Waals surface area contributed by atoms with Crippen LogP contribution in [0.3, 0.4) is 0 Å². The zero-order valence-electron chi connectivity index (χ0n) is 37.1. The van der Waals surface area contributed by atoms with Crippen molar-refractivity contribution in [1.82, 2.24) is 0 Å². The van der Waals surface area contributed by atoms with Gasteiger partial charge in [-0.05, 0) is 61.4 Å². The lowest BCUT2D eigenvalue weighted by atomic mass is 10.0. The van der Waals surface area contributed by atoms with Crippen LogP contribution in [0.25, 0.3) is 0 Å². The summed E-state index contributed by atoms with van der Waals surface area (Å²) in [6.45, 7) is 3.43. The van der Waals surface area contributed by atoms with Crippen molar-refractivity contribution >= 4 is 13.0 Å². The highest BCUT2D eigenvalue weighted by molar-refractivity contribution is 6.39. The van der Waals surface area contributed by atoms with E-state index in [-0.39, 0.29) is 62.3 Å². The minimum Gasteiger partial charge on any atom is -0.490 e. The average Bonchev–Trinajstić information content (AvgIpc) is 3.21. The van der Waals surface area contributed by atoms with Crippen LogP contribution >= 0.6 is 0 Å². The summed E-state index contributed by atoms with van der Waals surface area (Å²) >= 11 is 0. The molecule has 0 saturated heterocycles. The maximum absolute atomic E-state index is 15.1. The molecule has 0 fully saturated rings. The molecule has 0 amide bonds. The van der Waals surface area contributed by atoms with E-state index in [1.165, 1.54) is 0 Å². The van der Waals surface area contributed by atoms with Crippen LogP contribution in [-0.2, 0) is 37.1 Å². The zero-order valence-corrected chi connectivity index (χ0v) is 37.1. The van der Waals surface area contributed by atoms with E-state index in [1.54, 1.807) is 0 Å². The molecule has 3 rings (SSSR count). The number of rotatable bonds is 26. The van der Waals surface area contributed by atoms with Crippen LogP contribution < -0.4 is 18.9 Å². The molecule has 384 valence electrons. The van der Waals surface area contributed by atoms with Gasteiger partial charge in [0.1, 0.15) is 17.2 Å². The van der Waals surface area contributed by atoms with Gasteiger partial charge in [0.05, 0.1) is 39.1 Å². The monoisotopic (exact) mass is 1010 g/mol. The predicted molar refractivity (Wildman–Crippen MR) is 219 cm³/mol. The van der Waals surface area contributed by atoms with Gasteiger partial charge >= 0.3 is 44.4 Å². The van der Waals surface area contributed by atoms with Gasteiger partial charge in [0.25, 0.3) is 0 Å². The van der Waals surface area contributed by atoms with Gasteiger partial charge in [-0.15, -0.1) is 0 Å². The molecule has 0 atom stereocenters. The van der Waals surface area contributed by atoms with Crippen LogP contribution in [0.15, 0.2) is 48.5 Å². The molecule has 0 N–H and O–H groups in total. The number of unbranched alkanes of at least 4 members (excludes halogenated alkanes) is 15. The molecule has 0 aromatic heterocycles. The molecule has 68 heavy (non-hydrogen) atoms. The van der Waals surface area contributed by atoms with Crippen LogP contribution in [0, 0.1) is 0 Å². The third-order valence-corrected chi connectivity index (χ3v) is 10.6. The van der Waals surface area contributed by atoms with E-state index < -0.39 is 113 Å². The summed E-state index contributed by atoms with van der Waals surface area (Å²) < 4.78 is 270. The van der Waals surface area contributed by atoms with E-state index >= 15 is 13.2 Å². The Hall–Kier alpha value is -4.34. The fourth-order valence-electron chi connectivity index (χ4n) is 7.18. The summed E-state index contributed by atoms with van der Waals surface area (Å²) in [6, 6.07) is -1.68. The van der Waals surface area contributed by atoms with Crippen molar-refractivity contribution in [2.75, 3.05) is 18.0 Å². The second kappa shape index (κ2) is 25.0. The summed E-state index contributed by atoms with van der Waals surface area (Å²) in [5.41, 5.74) is -13.6. The Morgan fingerprint density at radius 1 is 0.353 bits per heavy atom. The van der Waals surface area contributed by atoms with Gasteiger partial charge in [-0.2, -0.15) is 79.0 Å². The standard InChI is InChI=1S/C45H52BF18NO3/c1-3-5-7-9-11-12-13-14-15-17-19-21-65(20-18-16-10-8-6-4-2)39-37(45(62,63)64)28-34(44(59,60)61)29-38(39)68-46(66-35-24-30(40(47,48)49)22-31(25-35)41(50,51)52)67-36-26-32(42(53,54)55)23-33(27-36)43(56,57)58/h22-29H,3-21H2,1-2H3. The molecule has 0 aliphatic carbocycles. The third-order valence-electron chi connectivity index (χ3n) is 10.6. The number of hydrogen-bond donors (Lipinski definition) is 0. The quantitative estimate of drug-likeness (QED) is 0.0456. The summed E-state index contributed by atoms with van der Waals surface area (Å²) in [5, 5.41) is 0. The highest BCUT2D eigenvalue weighted by Crippen LogP contribution is 2.47. The number of benzene rings is 3. The van der Waals surface area contributed by atoms with Crippen LogP contribution in [0.2, 0.25) is 0 Å². The van der Waals surface area contributed by atoms with E-state index in [0.717, 1.165) is 75.5 Å². The molecule has 0 heterocycles. The number of hydrogen-bond acceptors (Lipinski definition) is 4. The molecule has 0 unspecified atom stereocenters. The van der Waals surface area contributed by atoms with Crippen molar-refractivity contribution in [2.24, 2.45) is 0 Å². The smallest absolute Gasteiger partial charge is 0.490 e. The highest BCUT2D eigenvalue weighted by atomic mass is 19.4. The molecular formula is C45H52BF18NO3.